The molecule has 1 heterocycles. The molecule has 1 aromatic heterocycles. The van der Waals surface area contributed by atoms with Crippen LogP contribution in [0, 0.1) is 0 Å². The molecule has 0 unspecified atom stereocenters. The predicted molar refractivity (Wildman–Crippen MR) is 72.0 cm³/mol. The van der Waals surface area contributed by atoms with Gasteiger partial charge in [0.2, 0.25) is 0 Å². The van der Waals surface area contributed by atoms with Crippen LogP contribution in [0.3, 0.4) is 0 Å². The first-order chi connectivity index (χ1) is 8.29. The Morgan fingerprint density at radius 3 is 2.53 bits per heavy atom. The molecule has 0 fully saturated rings. The summed E-state index contributed by atoms with van der Waals surface area (Å²) in [7, 11) is 1.96. The first kappa shape index (κ1) is 12.2. The summed E-state index contributed by atoms with van der Waals surface area (Å²) in [6.45, 7) is 1.74. The van der Waals surface area contributed by atoms with Gasteiger partial charge in [0.1, 0.15) is 0 Å². The van der Waals surface area contributed by atoms with E-state index in [4.69, 9.17) is 0 Å². The molecule has 1 aromatic carbocycles. The van der Waals surface area contributed by atoms with Gasteiger partial charge in [0.25, 0.3) is 0 Å². The lowest BCUT2D eigenvalue weighted by molar-refractivity contribution is 0.626. The lowest BCUT2D eigenvalue weighted by atomic mass is 10.2. The maximum atomic E-state index is 4.14. The van der Waals surface area contributed by atoms with Crippen LogP contribution in [0.15, 0.2) is 41.4 Å². The Labute approximate surface area is 106 Å². The molecule has 1 N–H and O–H groups in total. The third-order valence-electron chi connectivity index (χ3n) is 2.72. The van der Waals surface area contributed by atoms with Gasteiger partial charge in [-0.15, -0.1) is 11.8 Å². The van der Waals surface area contributed by atoms with Gasteiger partial charge in [-0.25, -0.2) is 0 Å². The summed E-state index contributed by atoms with van der Waals surface area (Å²) < 4.78 is 1.89. The van der Waals surface area contributed by atoms with E-state index in [1.54, 1.807) is 11.8 Å². The van der Waals surface area contributed by atoms with E-state index in [1.807, 2.05) is 24.0 Å². The molecular formula is C13H17N3S. The highest BCUT2D eigenvalue weighted by atomic mass is 32.2. The fraction of sp³-hybridized carbons (Fsp3) is 0.308. The molecule has 90 valence electrons. The summed E-state index contributed by atoms with van der Waals surface area (Å²) in [6.07, 6.45) is 3.92. The molecule has 4 heteroatoms. The van der Waals surface area contributed by atoms with E-state index in [0.29, 0.717) is 0 Å². The SMILES string of the molecule is CSc1ccc(CNCc2ccnn2C)cc1. The summed E-state index contributed by atoms with van der Waals surface area (Å²) in [5.74, 6) is 0. The Morgan fingerprint density at radius 2 is 1.94 bits per heavy atom. The van der Waals surface area contributed by atoms with E-state index < -0.39 is 0 Å². The molecule has 0 atom stereocenters. The van der Waals surface area contributed by atoms with Gasteiger partial charge in [0, 0.05) is 31.2 Å². The van der Waals surface area contributed by atoms with Gasteiger partial charge in [0.15, 0.2) is 0 Å². The van der Waals surface area contributed by atoms with Crippen LogP contribution in [-0.2, 0) is 20.1 Å². The van der Waals surface area contributed by atoms with E-state index >= 15 is 0 Å². The molecule has 0 saturated heterocycles. The van der Waals surface area contributed by atoms with Gasteiger partial charge < -0.3 is 5.32 Å². The van der Waals surface area contributed by atoms with E-state index in [0.717, 1.165) is 13.1 Å². The van der Waals surface area contributed by atoms with Crippen molar-refractivity contribution in [3.05, 3.63) is 47.8 Å². The summed E-state index contributed by atoms with van der Waals surface area (Å²) in [5, 5.41) is 7.55. The van der Waals surface area contributed by atoms with Crippen molar-refractivity contribution in [3.63, 3.8) is 0 Å². The third-order valence-corrected chi connectivity index (χ3v) is 3.46. The minimum absolute atomic E-state index is 0.848. The molecule has 0 aliphatic carbocycles. The van der Waals surface area contributed by atoms with E-state index in [-0.39, 0.29) is 0 Å². The number of nitrogens with one attached hydrogen (secondary N) is 1. The first-order valence-corrected chi connectivity index (χ1v) is 6.82. The summed E-state index contributed by atoms with van der Waals surface area (Å²) >= 11 is 1.77. The third kappa shape index (κ3) is 3.35. The zero-order valence-electron chi connectivity index (χ0n) is 10.2. The highest BCUT2D eigenvalue weighted by molar-refractivity contribution is 7.98. The van der Waals surface area contributed by atoms with Gasteiger partial charge in [-0.1, -0.05) is 12.1 Å². The Balaban J connectivity index is 1.83. The lowest BCUT2D eigenvalue weighted by Crippen LogP contribution is -2.15. The Kier molecular flexibility index (Phi) is 4.23. The fourth-order valence-corrected chi connectivity index (χ4v) is 2.06. The van der Waals surface area contributed by atoms with Gasteiger partial charge >= 0.3 is 0 Å². The molecule has 0 aliphatic heterocycles. The maximum Gasteiger partial charge on any atom is 0.0518 e. The van der Waals surface area contributed by atoms with Gasteiger partial charge in [-0.2, -0.15) is 5.10 Å². The molecular weight excluding hydrogens is 230 g/mol. The second-order valence-corrected chi connectivity index (χ2v) is 4.78. The van der Waals surface area contributed by atoms with Crippen molar-refractivity contribution in [1.29, 1.82) is 0 Å². The number of benzene rings is 1. The Bertz CT molecular complexity index is 462. The van der Waals surface area contributed by atoms with Crippen LogP contribution in [0.1, 0.15) is 11.3 Å². The smallest absolute Gasteiger partial charge is 0.0518 e. The lowest BCUT2D eigenvalue weighted by Gasteiger charge is -2.06. The minimum Gasteiger partial charge on any atom is -0.307 e. The minimum atomic E-state index is 0.848. The molecule has 2 rings (SSSR count). The van der Waals surface area contributed by atoms with Crippen molar-refractivity contribution < 1.29 is 0 Å². The molecule has 0 aliphatic rings. The van der Waals surface area contributed by atoms with E-state index in [9.17, 15) is 0 Å². The number of hydrogen-bond donors (Lipinski definition) is 1. The van der Waals surface area contributed by atoms with Gasteiger partial charge in [-0.3, -0.25) is 4.68 Å². The van der Waals surface area contributed by atoms with Crippen LogP contribution in [-0.4, -0.2) is 16.0 Å². The largest absolute Gasteiger partial charge is 0.307 e. The van der Waals surface area contributed by atoms with Gasteiger partial charge in [0.05, 0.1) is 5.69 Å². The predicted octanol–water partition coefficient (Wildman–Crippen LogP) is 2.43. The van der Waals surface area contributed by atoms with Crippen LogP contribution in [0.2, 0.25) is 0 Å². The van der Waals surface area contributed by atoms with Crippen molar-refractivity contribution in [3.8, 4) is 0 Å². The Morgan fingerprint density at radius 1 is 1.18 bits per heavy atom. The molecule has 0 amide bonds. The van der Waals surface area contributed by atoms with Crippen LogP contribution >= 0.6 is 11.8 Å². The standard InChI is InChI=1S/C13H17N3S/c1-16-12(7-8-15-16)10-14-9-11-3-5-13(17-2)6-4-11/h3-8,14H,9-10H2,1-2H3. The molecule has 2 aromatic rings. The van der Waals surface area contributed by atoms with Gasteiger partial charge in [-0.05, 0) is 30.0 Å². The summed E-state index contributed by atoms with van der Waals surface area (Å²) in [4.78, 5) is 1.31. The molecule has 17 heavy (non-hydrogen) atoms. The summed E-state index contributed by atoms with van der Waals surface area (Å²) in [6, 6.07) is 10.7. The zero-order chi connectivity index (χ0) is 12.1. The number of aryl methyl sites for hydroxylation is 1. The van der Waals surface area contributed by atoms with Crippen molar-refractivity contribution >= 4 is 11.8 Å². The van der Waals surface area contributed by atoms with Crippen molar-refractivity contribution in [2.45, 2.75) is 18.0 Å². The van der Waals surface area contributed by atoms with Crippen LogP contribution in [0.25, 0.3) is 0 Å². The highest BCUT2D eigenvalue weighted by Crippen LogP contribution is 2.14. The van der Waals surface area contributed by atoms with E-state index in [2.05, 4.69) is 40.9 Å². The molecule has 0 spiro atoms. The van der Waals surface area contributed by atoms with Crippen molar-refractivity contribution in [2.75, 3.05) is 6.26 Å². The normalized spacial score (nSPS) is 10.7. The average molecular weight is 247 g/mol. The summed E-state index contributed by atoms with van der Waals surface area (Å²) in [5.41, 5.74) is 2.51. The molecule has 0 saturated carbocycles. The van der Waals surface area contributed by atoms with E-state index in [1.165, 1.54) is 16.2 Å². The Hall–Kier alpha value is -1.26. The zero-order valence-corrected chi connectivity index (χ0v) is 11.0. The molecule has 0 radical (unpaired) electrons. The number of nitrogens with zero attached hydrogens (tertiary/aromatic N) is 2. The number of aromatic nitrogens is 2. The van der Waals surface area contributed by atoms with Crippen LogP contribution in [0.5, 0.6) is 0 Å². The topological polar surface area (TPSA) is 29.9 Å². The van der Waals surface area contributed by atoms with Crippen molar-refractivity contribution in [2.24, 2.45) is 7.05 Å². The number of rotatable bonds is 5. The first-order valence-electron chi connectivity index (χ1n) is 5.60. The molecule has 0 bridgehead atoms. The number of thioether (sulfide) groups is 1. The van der Waals surface area contributed by atoms with Crippen LogP contribution in [0.4, 0.5) is 0 Å². The molecule has 3 nitrogen and oxygen atoms in total. The maximum absolute atomic E-state index is 4.14. The van der Waals surface area contributed by atoms with Crippen LogP contribution < -0.4 is 5.32 Å². The van der Waals surface area contributed by atoms with Crippen molar-refractivity contribution in [1.82, 2.24) is 15.1 Å². The fourth-order valence-electron chi connectivity index (χ4n) is 1.65. The quantitative estimate of drug-likeness (QED) is 0.823. The highest BCUT2D eigenvalue weighted by Gasteiger charge is 1.98. The number of hydrogen-bond acceptors (Lipinski definition) is 3. The monoisotopic (exact) mass is 247 g/mol. The second-order valence-electron chi connectivity index (χ2n) is 3.90. The average Bonchev–Trinajstić information content (AvgIpc) is 2.76. The second kappa shape index (κ2) is 5.89.